The zero-order valence-corrected chi connectivity index (χ0v) is 30.5. The van der Waals surface area contributed by atoms with E-state index in [0.29, 0.717) is 16.5 Å². The van der Waals surface area contributed by atoms with Crippen LogP contribution in [0.15, 0.2) is 59.9 Å². The number of hydrogen-bond donors (Lipinski definition) is 0. The molecule has 2 heterocycles. The SMILES string of the molecule is COCOc1cc(-c2ncc3c(-c4cccc(F)c4)nc(S(C)(=O)=O)nc3c2F)c2c(C#C[Si](C(C)C)(C(C)C)C(C)C)c(F)ccc2c1. The van der Waals surface area contributed by atoms with Crippen LogP contribution in [0.4, 0.5) is 13.2 Å². The third kappa shape index (κ3) is 6.80. The van der Waals surface area contributed by atoms with Gasteiger partial charge in [-0.25, -0.2) is 31.6 Å². The van der Waals surface area contributed by atoms with E-state index in [1.165, 1.54) is 43.6 Å². The van der Waals surface area contributed by atoms with E-state index >= 15 is 8.78 Å². The van der Waals surface area contributed by atoms with Crippen LogP contribution in [0, 0.1) is 28.9 Å². The Hall–Kier alpha value is -4.31. The van der Waals surface area contributed by atoms with Gasteiger partial charge in [-0.3, -0.25) is 4.98 Å². The van der Waals surface area contributed by atoms with E-state index in [1.807, 2.05) is 0 Å². The largest absolute Gasteiger partial charge is 0.468 e. The molecule has 7 nitrogen and oxygen atoms in total. The number of pyridine rings is 1. The van der Waals surface area contributed by atoms with Crippen LogP contribution in [0.2, 0.25) is 16.6 Å². The van der Waals surface area contributed by atoms with Crippen molar-refractivity contribution in [1.82, 2.24) is 15.0 Å². The van der Waals surface area contributed by atoms with Crippen LogP contribution in [0.3, 0.4) is 0 Å². The number of methoxy groups -OCH3 is 1. The number of nitrogens with zero attached hydrogens (tertiary/aromatic N) is 3. The smallest absolute Gasteiger partial charge is 0.248 e. The van der Waals surface area contributed by atoms with Crippen LogP contribution in [-0.4, -0.2) is 51.6 Å². The number of hydrogen-bond acceptors (Lipinski definition) is 7. The zero-order chi connectivity index (χ0) is 35.8. The highest BCUT2D eigenvalue weighted by atomic mass is 32.2. The molecule has 256 valence electrons. The van der Waals surface area contributed by atoms with Crippen molar-refractivity contribution in [1.29, 1.82) is 0 Å². The van der Waals surface area contributed by atoms with E-state index in [-0.39, 0.29) is 62.4 Å². The molecule has 0 amide bonds. The molecule has 0 bridgehead atoms. The maximum absolute atomic E-state index is 16.9. The number of rotatable bonds is 9. The molecule has 0 N–H and O–H groups in total. The van der Waals surface area contributed by atoms with Crippen molar-refractivity contribution in [3.05, 3.63) is 77.7 Å². The summed E-state index contributed by atoms with van der Waals surface area (Å²) in [4.78, 5) is 12.7. The van der Waals surface area contributed by atoms with Crippen molar-refractivity contribution in [2.45, 2.75) is 63.3 Å². The Morgan fingerprint density at radius 1 is 0.898 bits per heavy atom. The van der Waals surface area contributed by atoms with Gasteiger partial charge in [0, 0.05) is 41.5 Å². The summed E-state index contributed by atoms with van der Waals surface area (Å²) in [6.45, 7) is 12.8. The summed E-state index contributed by atoms with van der Waals surface area (Å²) >= 11 is 0. The molecule has 49 heavy (non-hydrogen) atoms. The molecule has 12 heteroatoms. The minimum atomic E-state index is -4.04. The van der Waals surface area contributed by atoms with E-state index in [9.17, 15) is 12.8 Å². The van der Waals surface area contributed by atoms with E-state index in [0.717, 1.165) is 12.3 Å². The summed E-state index contributed by atoms with van der Waals surface area (Å²) in [7, 11) is -4.90. The average Bonchev–Trinajstić information content (AvgIpc) is 3.03. The molecule has 5 rings (SSSR count). The van der Waals surface area contributed by atoms with Gasteiger partial charge in [-0.2, -0.15) is 0 Å². The highest BCUT2D eigenvalue weighted by Crippen LogP contribution is 2.42. The minimum absolute atomic E-state index is 0.0140. The Balaban J connectivity index is 1.89. The zero-order valence-electron chi connectivity index (χ0n) is 28.7. The van der Waals surface area contributed by atoms with Crippen molar-refractivity contribution in [2.75, 3.05) is 20.2 Å². The third-order valence-electron chi connectivity index (χ3n) is 9.00. The number of fused-ring (bicyclic) bond motifs is 2. The molecular weight excluding hydrogens is 668 g/mol. The van der Waals surface area contributed by atoms with Gasteiger partial charge in [-0.05, 0) is 52.3 Å². The molecule has 0 saturated heterocycles. The van der Waals surface area contributed by atoms with Gasteiger partial charge in [-0.1, -0.05) is 65.7 Å². The first-order chi connectivity index (χ1) is 23.1. The fourth-order valence-corrected chi connectivity index (χ4v) is 12.5. The minimum Gasteiger partial charge on any atom is -0.468 e. The lowest BCUT2D eigenvalue weighted by Crippen LogP contribution is -2.43. The number of ether oxygens (including phenoxy) is 2. The van der Waals surface area contributed by atoms with Crippen LogP contribution >= 0.6 is 0 Å². The first-order valence-corrected chi connectivity index (χ1v) is 20.0. The molecule has 0 aliphatic rings. The van der Waals surface area contributed by atoms with Gasteiger partial charge in [0.15, 0.2) is 12.6 Å². The van der Waals surface area contributed by atoms with Crippen molar-refractivity contribution in [2.24, 2.45) is 0 Å². The number of sulfone groups is 1. The van der Waals surface area contributed by atoms with Crippen molar-refractivity contribution >= 4 is 39.6 Å². The second kappa shape index (κ2) is 13.9. The summed E-state index contributed by atoms with van der Waals surface area (Å²) in [5, 5.41) is 0.238. The Kier molecular flexibility index (Phi) is 10.2. The lowest BCUT2D eigenvalue weighted by molar-refractivity contribution is 0.0512. The summed E-state index contributed by atoms with van der Waals surface area (Å²) in [6.07, 6.45) is 2.20. The fraction of sp³-hybridized carbons (Fsp3) is 0.324. The molecule has 0 radical (unpaired) electrons. The van der Waals surface area contributed by atoms with Crippen molar-refractivity contribution < 1.29 is 31.1 Å². The predicted octanol–water partition coefficient (Wildman–Crippen LogP) is 8.89. The maximum Gasteiger partial charge on any atom is 0.248 e. The monoisotopic (exact) mass is 705 g/mol. The molecular formula is C37H38F3N3O4SSi. The summed E-state index contributed by atoms with van der Waals surface area (Å²) in [5.74, 6) is 1.36. The first kappa shape index (κ1) is 36.0. The molecule has 0 saturated carbocycles. The highest BCUT2D eigenvalue weighted by Gasteiger charge is 2.41. The normalized spacial score (nSPS) is 12.3. The fourth-order valence-electron chi connectivity index (χ4n) is 6.78. The molecule has 0 spiro atoms. The Morgan fingerprint density at radius 3 is 2.20 bits per heavy atom. The van der Waals surface area contributed by atoms with E-state index in [1.54, 1.807) is 12.1 Å². The van der Waals surface area contributed by atoms with Crippen molar-refractivity contribution in [3.63, 3.8) is 0 Å². The number of aromatic nitrogens is 3. The van der Waals surface area contributed by atoms with Gasteiger partial charge in [0.05, 0.1) is 11.3 Å². The quantitative estimate of drug-likeness (QED) is 0.0655. The van der Waals surface area contributed by atoms with Crippen LogP contribution in [0.1, 0.15) is 47.1 Å². The predicted molar refractivity (Wildman–Crippen MR) is 189 cm³/mol. The van der Waals surface area contributed by atoms with Gasteiger partial charge in [-0.15, -0.1) is 5.54 Å². The first-order valence-electron chi connectivity index (χ1n) is 15.8. The van der Waals surface area contributed by atoms with Crippen LogP contribution < -0.4 is 4.74 Å². The van der Waals surface area contributed by atoms with Gasteiger partial charge in [0.1, 0.15) is 36.7 Å². The Labute approximate surface area is 285 Å². The summed E-state index contributed by atoms with van der Waals surface area (Å²) in [6, 6.07) is 11.4. The van der Waals surface area contributed by atoms with Crippen molar-refractivity contribution in [3.8, 4) is 39.7 Å². The van der Waals surface area contributed by atoms with Gasteiger partial charge in [0.2, 0.25) is 15.0 Å². The second-order valence-electron chi connectivity index (χ2n) is 13.0. The molecule has 0 atom stereocenters. The van der Waals surface area contributed by atoms with Crippen LogP contribution in [-0.2, 0) is 14.6 Å². The molecule has 5 aromatic rings. The van der Waals surface area contributed by atoms with Crippen LogP contribution in [0.5, 0.6) is 5.75 Å². The van der Waals surface area contributed by atoms with E-state index in [4.69, 9.17) is 9.47 Å². The average molecular weight is 706 g/mol. The van der Waals surface area contributed by atoms with Gasteiger partial charge < -0.3 is 9.47 Å². The Bertz CT molecular complexity index is 2230. The Morgan fingerprint density at radius 2 is 1.59 bits per heavy atom. The maximum atomic E-state index is 16.9. The summed E-state index contributed by atoms with van der Waals surface area (Å²) in [5.41, 5.74) is 4.26. The highest BCUT2D eigenvalue weighted by molar-refractivity contribution is 7.90. The standard InChI is InChI=1S/C37H38F3N3O4SSi/c1-21(2)49(22(3)4,23(5)6)15-14-28-31(39)13-12-24-17-27(47-20-46-7)18-29(32(24)28)35-33(40)36-30(19-41-35)34(25-10-9-11-26(38)16-25)42-37(43-36)48(8,44)45/h9-13,16-19,21-23H,20H2,1-8H3. The lowest BCUT2D eigenvalue weighted by Gasteiger charge is -2.38. The second-order valence-corrected chi connectivity index (χ2v) is 20.5. The molecule has 2 aromatic heterocycles. The topological polar surface area (TPSA) is 91.3 Å². The van der Waals surface area contributed by atoms with E-state index < -0.39 is 40.5 Å². The third-order valence-corrected chi connectivity index (χ3v) is 16.1. The molecule has 0 unspecified atom stereocenters. The number of halogens is 3. The van der Waals surface area contributed by atoms with E-state index in [2.05, 4.69) is 68.0 Å². The van der Waals surface area contributed by atoms with Gasteiger partial charge >= 0.3 is 0 Å². The molecule has 0 fully saturated rings. The molecule has 0 aliphatic heterocycles. The summed E-state index contributed by atoms with van der Waals surface area (Å²) < 4.78 is 83.3. The number of benzene rings is 3. The lowest BCUT2D eigenvalue weighted by atomic mass is 9.95. The molecule has 0 aliphatic carbocycles. The molecule has 3 aromatic carbocycles. The van der Waals surface area contributed by atoms with Gasteiger partial charge in [0.25, 0.3) is 0 Å². The van der Waals surface area contributed by atoms with Crippen LogP contribution in [0.25, 0.3) is 44.2 Å².